The van der Waals surface area contributed by atoms with Crippen LogP contribution in [0.5, 0.6) is 0 Å². The first-order valence-electron chi connectivity index (χ1n) is 11.7. The first kappa shape index (κ1) is 22.5. The molecule has 170 valence electrons. The zero-order valence-electron chi connectivity index (χ0n) is 19.2. The molecule has 1 aliphatic carbocycles. The molecule has 2 N–H and O–H groups in total. The van der Waals surface area contributed by atoms with Crippen LogP contribution in [0.2, 0.25) is 0 Å². The first-order chi connectivity index (χ1) is 15.5. The van der Waals surface area contributed by atoms with Gasteiger partial charge in [-0.05, 0) is 80.7 Å². The van der Waals surface area contributed by atoms with Gasteiger partial charge >= 0.3 is 0 Å². The van der Waals surface area contributed by atoms with E-state index in [1.165, 1.54) is 0 Å². The van der Waals surface area contributed by atoms with Crippen LogP contribution in [0.1, 0.15) is 45.5 Å². The molecule has 2 fully saturated rings. The van der Waals surface area contributed by atoms with Crippen LogP contribution in [0.15, 0.2) is 42.5 Å². The largest absolute Gasteiger partial charge is 0.352 e. The molecule has 1 saturated carbocycles. The number of nitrogens with one attached hydrogen (secondary N) is 2. The molecule has 0 spiro atoms. The second kappa shape index (κ2) is 10.3. The highest BCUT2D eigenvalue weighted by Crippen LogP contribution is 2.26. The van der Waals surface area contributed by atoms with Crippen LogP contribution in [0.25, 0.3) is 11.1 Å². The standard InChI is InChI=1S/C26H34N4O2/c1-19-4-5-22(26(32)28-23-10-11-23)18-24(19)20-6-8-21(9-7-20)25(31)27-12-3-13-30-16-14-29(2)15-17-30/h4-9,18,23H,3,10-17H2,1-2H3,(H,27,31)(H,28,32). The van der Waals surface area contributed by atoms with Crippen LogP contribution in [0.3, 0.4) is 0 Å². The molecule has 0 atom stereocenters. The van der Waals surface area contributed by atoms with Crippen molar-refractivity contribution in [3.63, 3.8) is 0 Å². The fraction of sp³-hybridized carbons (Fsp3) is 0.462. The first-order valence-corrected chi connectivity index (χ1v) is 11.7. The number of piperazine rings is 1. The van der Waals surface area contributed by atoms with Gasteiger partial charge in [0.2, 0.25) is 0 Å². The van der Waals surface area contributed by atoms with Crippen molar-refractivity contribution >= 4 is 11.8 Å². The quantitative estimate of drug-likeness (QED) is 0.627. The van der Waals surface area contributed by atoms with E-state index in [-0.39, 0.29) is 11.8 Å². The molecule has 2 aromatic carbocycles. The summed E-state index contributed by atoms with van der Waals surface area (Å²) in [5.74, 6) is -0.0504. The van der Waals surface area contributed by atoms with Gasteiger partial charge in [-0.2, -0.15) is 0 Å². The minimum Gasteiger partial charge on any atom is -0.352 e. The molecule has 4 rings (SSSR count). The molecular formula is C26H34N4O2. The molecule has 1 aliphatic heterocycles. The number of benzene rings is 2. The van der Waals surface area contributed by atoms with Crippen LogP contribution < -0.4 is 10.6 Å². The van der Waals surface area contributed by atoms with Crippen molar-refractivity contribution < 1.29 is 9.59 Å². The van der Waals surface area contributed by atoms with Crippen molar-refractivity contribution in [2.24, 2.45) is 0 Å². The number of carbonyl (C=O) groups excluding carboxylic acids is 2. The van der Waals surface area contributed by atoms with Crippen molar-refractivity contribution in [2.75, 3.05) is 46.3 Å². The molecule has 2 aromatic rings. The molecule has 32 heavy (non-hydrogen) atoms. The number of likely N-dealkylation sites (N-methyl/N-ethyl adjacent to an activating group) is 1. The summed E-state index contributed by atoms with van der Waals surface area (Å²) in [6.07, 6.45) is 3.11. The molecule has 1 saturated heterocycles. The summed E-state index contributed by atoms with van der Waals surface area (Å²) in [5, 5.41) is 6.08. The highest BCUT2D eigenvalue weighted by atomic mass is 16.2. The zero-order valence-corrected chi connectivity index (χ0v) is 19.2. The van der Waals surface area contributed by atoms with E-state index in [0.29, 0.717) is 23.7 Å². The molecule has 1 heterocycles. The van der Waals surface area contributed by atoms with Gasteiger partial charge < -0.3 is 20.4 Å². The number of hydrogen-bond acceptors (Lipinski definition) is 4. The molecule has 6 nitrogen and oxygen atoms in total. The lowest BCUT2D eigenvalue weighted by Crippen LogP contribution is -2.45. The lowest BCUT2D eigenvalue weighted by atomic mass is 9.97. The normalized spacial score (nSPS) is 17.2. The number of hydrogen-bond donors (Lipinski definition) is 2. The van der Waals surface area contributed by atoms with Crippen LogP contribution in [0, 0.1) is 6.92 Å². The summed E-state index contributed by atoms with van der Waals surface area (Å²) in [6.45, 7) is 8.20. The SMILES string of the molecule is Cc1ccc(C(=O)NC2CC2)cc1-c1ccc(C(=O)NCCCN2CCN(C)CC2)cc1. The van der Waals surface area contributed by atoms with Crippen LogP contribution in [-0.2, 0) is 0 Å². The average molecular weight is 435 g/mol. The van der Waals surface area contributed by atoms with Gasteiger partial charge in [-0.1, -0.05) is 18.2 Å². The Morgan fingerprint density at radius 2 is 1.62 bits per heavy atom. The number of amides is 2. The Morgan fingerprint density at radius 3 is 2.31 bits per heavy atom. The molecule has 2 aliphatic rings. The summed E-state index contributed by atoms with van der Waals surface area (Å²) >= 11 is 0. The second-order valence-electron chi connectivity index (χ2n) is 9.11. The topological polar surface area (TPSA) is 64.7 Å². The maximum absolute atomic E-state index is 12.5. The maximum Gasteiger partial charge on any atom is 0.251 e. The van der Waals surface area contributed by atoms with Gasteiger partial charge in [0.15, 0.2) is 0 Å². The fourth-order valence-electron chi connectivity index (χ4n) is 4.05. The lowest BCUT2D eigenvalue weighted by molar-refractivity contribution is 0.0942. The van der Waals surface area contributed by atoms with Crippen molar-refractivity contribution in [1.29, 1.82) is 0 Å². The Bertz CT molecular complexity index is 945. The third kappa shape index (κ3) is 5.96. The van der Waals surface area contributed by atoms with E-state index in [4.69, 9.17) is 0 Å². The van der Waals surface area contributed by atoms with Gasteiger partial charge in [0.05, 0.1) is 0 Å². The number of nitrogens with zero attached hydrogens (tertiary/aromatic N) is 2. The van der Waals surface area contributed by atoms with E-state index in [9.17, 15) is 9.59 Å². The monoisotopic (exact) mass is 434 g/mol. The molecule has 0 unspecified atom stereocenters. The average Bonchev–Trinajstić information content (AvgIpc) is 3.62. The third-order valence-electron chi connectivity index (χ3n) is 6.40. The number of aryl methyl sites for hydroxylation is 1. The lowest BCUT2D eigenvalue weighted by Gasteiger charge is -2.32. The van der Waals surface area contributed by atoms with Crippen molar-refractivity contribution in [3.8, 4) is 11.1 Å². The van der Waals surface area contributed by atoms with Crippen molar-refractivity contribution in [3.05, 3.63) is 59.2 Å². The van der Waals surface area contributed by atoms with Gasteiger partial charge in [0, 0.05) is 49.9 Å². The Labute approximate surface area is 191 Å². The van der Waals surface area contributed by atoms with Crippen molar-refractivity contribution in [1.82, 2.24) is 20.4 Å². The predicted molar refractivity (Wildman–Crippen MR) is 128 cm³/mol. The number of rotatable bonds is 8. The van der Waals surface area contributed by atoms with Gasteiger partial charge in [-0.25, -0.2) is 0 Å². The van der Waals surface area contributed by atoms with Crippen LogP contribution in [-0.4, -0.2) is 74.0 Å². The molecular weight excluding hydrogens is 400 g/mol. The van der Waals surface area contributed by atoms with E-state index in [2.05, 4.69) is 27.5 Å². The van der Waals surface area contributed by atoms with E-state index < -0.39 is 0 Å². The number of carbonyl (C=O) groups is 2. The summed E-state index contributed by atoms with van der Waals surface area (Å²) < 4.78 is 0. The Morgan fingerprint density at radius 1 is 0.938 bits per heavy atom. The van der Waals surface area contributed by atoms with E-state index in [0.717, 1.165) is 68.7 Å². The zero-order chi connectivity index (χ0) is 22.5. The van der Waals surface area contributed by atoms with Crippen LogP contribution >= 0.6 is 0 Å². The second-order valence-corrected chi connectivity index (χ2v) is 9.11. The fourth-order valence-corrected chi connectivity index (χ4v) is 4.05. The summed E-state index contributed by atoms with van der Waals surface area (Å²) in [4.78, 5) is 29.7. The maximum atomic E-state index is 12.5. The van der Waals surface area contributed by atoms with Gasteiger partial charge in [-0.15, -0.1) is 0 Å². The minimum atomic E-state index is -0.0378. The summed E-state index contributed by atoms with van der Waals surface area (Å²) in [6, 6.07) is 13.8. The van der Waals surface area contributed by atoms with Crippen molar-refractivity contribution in [2.45, 2.75) is 32.2 Å². The highest BCUT2D eigenvalue weighted by molar-refractivity contribution is 5.97. The molecule has 0 radical (unpaired) electrons. The Hall–Kier alpha value is -2.70. The summed E-state index contributed by atoms with van der Waals surface area (Å²) in [5.41, 5.74) is 4.48. The minimum absolute atomic E-state index is 0.0127. The third-order valence-corrected chi connectivity index (χ3v) is 6.40. The highest BCUT2D eigenvalue weighted by Gasteiger charge is 2.24. The Balaban J connectivity index is 1.30. The smallest absolute Gasteiger partial charge is 0.251 e. The summed E-state index contributed by atoms with van der Waals surface area (Å²) in [7, 11) is 2.16. The van der Waals surface area contributed by atoms with Gasteiger partial charge in [0.1, 0.15) is 0 Å². The molecule has 6 heteroatoms. The van der Waals surface area contributed by atoms with E-state index >= 15 is 0 Å². The van der Waals surface area contributed by atoms with Gasteiger partial charge in [-0.3, -0.25) is 9.59 Å². The predicted octanol–water partition coefficient (Wildman–Crippen LogP) is 2.92. The molecule has 0 bridgehead atoms. The van der Waals surface area contributed by atoms with Crippen LogP contribution in [0.4, 0.5) is 0 Å². The van der Waals surface area contributed by atoms with Gasteiger partial charge in [0.25, 0.3) is 11.8 Å². The molecule has 2 amide bonds. The Kier molecular flexibility index (Phi) is 7.22. The van der Waals surface area contributed by atoms with E-state index in [1.54, 1.807) is 0 Å². The molecule has 0 aromatic heterocycles. The van der Waals surface area contributed by atoms with E-state index in [1.807, 2.05) is 49.4 Å².